The van der Waals surface area contributed by atoms with E-state index in [0.717, 1.165) is 6.07 Å². The Kier molecular flexibility index (Phi) is 6.28. The number of carbonyl (C=O) groups excluding carboxylic acids is 1. The Balaban J connectivity index is 1.96. The number of methoxy groups -OCH3 is 1. The second kappa shape index (κ2) is 9.05. The summed E-state index contributed by atoms with van der Waals surface area (Å²) in [7, 11) is 1.52. The summed E-state index contributed by atoms with van der Waals surface area (Å²) >= 11 is 0. The van der Waals surface area contributed by atoms with Crippen LogP contribution < -0.4 is 20.5 Å². The number of ether oxygens (including phenoxy) is 3. The number of anilines is 1. The fourth-order valence-corrected chi connectivity index (χ4v) is 2.69. The van der Waals surface area contributed by atoms with Crippen molar-refractivity contribution in [3.05, 3.63) is 54.0 Å². The van der Waals surface area contributed by atoms with Crippen molar-refractivity contribution in [2.45, 2.75) is 0 Å². The molecule has 0 saturated carbocycles. The standard InChI is InChI=1S/C20H18FN3O6/c1-28-6-7-29-18-10-16-12(9-13(18)19(22)25)17(4-5-23-16)30-11-2-3-15(14(21)8-11)24-20(26)27/h2-5,8-10,24H,6-7H2,1H3,(H2,22,25)(H,26,27). The monoisotopic (exact) mass is 415 g/mol. The van der Waals surface area contributed by atoms with Gasteiger partial charge >= 0.3 is 6.09 Å². The summed E-state index contributed by atoms with van der Waals surface area (Å²) in [6.45, 7) is 0.541. The molecule has 0 saturated heterocycles. The van der Waals surface area contributed by atoms with E-state index in [-0.39, 0.29) is 29.4 Å². The molecule has 0 radical (unpaired) electrons. The number of aromatic nitrogens is 1. The van der Waals surface area contributed by atoms with Crippen molar-refractivity contribution in [3.8, 4) is 17.2 Å². The van der Waals surface area contributed by atoms with Crippen LogP contribution in [0.25, 0.3) is 10.9 Å². The SMILES string of the molecule is COCCOc1cc2nccc(Oc3ccc(NC(=O)O)c(F)c3)c2cc1C(N)=O. The van der Waals surface area contributed by atoms with E-state index < -0.39 is 17.8 Å². The lowest BCUT2D eigenvalue weighted by molar-refractivity contribution is 0.0992. The van der Waals surface area contributed by atoms with Crippen LogP contribution in [0.1, 0.15) is 10.4 Å². The number of carbonyl (C=O) groups is 2. The normalized spacial score (nSPS) is 10.6. The highest BCUT2D eigenvalue weighted by atomic mass is 19.1. The number of pyridine rings is 1. The summed E-state index contributed by atoms with van der Waals surface area (Å²) in [6, 6.07) is 8.25. The van der Waals surface area contributed by atoms with Crippen LogP contribution in [0.5, 0.6) is 17.2 Å². The van der Waals surface area contributed by atoms with Crippen molar-refractivity contribution < 1.29 is 33.3 Å². The van der Waals surface area contributed by atoms with Crippen molar-refractivity contribution in [1.29, 1.82) is 0 Å². The summed E-state index contributed by atoms with van der Waals surface area (Å²) in [5.74, 6) is -0.831. The van der Waals surface area contributed by atoms with Crippen LogP contribution in [-0.4, -0.2) is 42.4 Å². The van der Waals surface area contributed by atoms with Crippen LogP contribution in [0.4, 0.5) is 14.9 Å². The van der Waals surface area contributed by atoms with E-state index in [4.69, 9.17) is 25.1 Å². The molecule has 0 atom stereocenters. The number of primary amides is 1. The second-order valence-electron chi connectivity index (χ2n) is 6.05. The number of nitrogens with one attached hydrogen (secondary N) is 1. The molecule has 0 spiro atoms. The lowest BCUT2D eigenvalue weighted by Gasteiger charge is -2.13. The number of nitrogens with zero attached hydrogens (tertiary/aromatic N) is 1. The molecule has 9 nitrogen and oxygen atoms in total. The van der Waals surface area contributed by atoms with Gasteiger partial charge in [-0.1, -0.05) is 0 Å². The smallest absolute Gasteiger partial charge is 0.409 e. The average molecular weight is 415 g/mol. The quantitative estimate of drug-likeness (QED) is 0.480. The first-order chi connectivity index (χ1) is 14.4. The highest BCUT2D eigenvalue weighted by molar-refractivity contribution is 6.01. The maximum Gasteiger partial charge on any atom is 0.409 e. The van der Waals surface area contributed by atoms with Crippen LogP contribution in [0.2, 0.25) is 0 Å². The first kappa shape index (κ1) is 20.8. The summed E-state index contributed by atoms with van der Waals surface area (Å²) in [5, 5.41) is 11.1. The number of fused-ring (bicyclic) bond motifs is 1. The molecule has 1 heterocycles. The molecule has 156 valence electrons. The van der Waals surface area contributed by atoms with Crippen LogP contribution in [0, 0.1) is 5.82 Å². The van der Waals surface area contributed by atoms with E-state index in [1.165, 1.54) is 31.5 Å². The van der Waals surface area contributed by atoms with E-state index in [2.05, 4.69) is 4.98 Å². The van der Waals surface area contributed by atoms with Gasteiger partial charge in [-0.3, -0.25) is 15.1 Å². The number of amides is 2. The van der Waals surface area contributed by atoms with Gasteiger partial charge in [0.1, 0.15) is 23.9 Å². The third kappa shape index (κ3) is 4.73. The molecule has 0 aliphatic carbocycles. The maximum atomic E-state index is 14.1. The Morgan fingerprint density at radius 3 is 2.63 bits per heavy atom. The molecule has 3 rings (SSSR count). The predicted molar refractivity (Wildman–Crippen MR) is 106 cm³/mol. The lowest BCUT2D eigenvalue weighted by Crippen LogP contribution is -2.14. The van der Waals surface area contributed by atoms with E-state index in [9.17, 15) is 14.0 Å². The van der Waals surface area contributed by atoms with E-state index in [0.29, 0.717) is 23.3 Å². The van der Waals surface area contributed by atoms with Gasteiger partial charge < -0.3 is 25.1 Å². The van der Waals surface area contributed by atoms with Crippen molar-refractivity contribution in [2.75, 3.05) is 25.6 Å². The Morgan fingerprint density at radius 2 is 1.97 bits per heavy atom. The highest BCUT2D eigenvalue weighted by Crippen LogP contribution is 2.34. The largest absolute Gasteiger partial charge is 0.490 e. The van der Waals surface area contributed by atoms with Crippen molar-refractivity contribution >= 4 is 28.6 Å². The highest BCUT2D eigenvalue weighted by Gasteiger charge is 2.16. The zero-order valence-electron chi connectivity index (χ0n) is 15.8. The third-order valence-electron chi connectivity index (χ3n) is 4.02. The van der Waals surface area contributed by atoms with Crippen LogP contribution >= 0.6 is 0 Å². The number of nitrogens with two attached hydrogens (primary N) is 1. The Hall–Kier alpha value is -3.92. The molecular formula is C20H18FN3O6. The summed E-state index contributed by atoms with van der Waals surface area (Å²) in [4.78, 5) is 26.8. The van der Waals surface area contributed by atoms with Crippen molar-refractivity contribution in [2.24, 2.45) is 5.73 Å². The summed E-state index contributed by atoms with van der Waals surface area (Å²) in [6.07, 6.45) is 0.0993. The van der Waals surface area contributed by atoms with Crippen molar-refractivity contribution in [3.63, 3.8) is 0 Å². The molecule has 0 aliphatic heterocycles. The molecule has 30 heavy (non-hydrogen) atoms. The molecule has 4 N–H and O–H groups in total. The Bertz CT molecular complexity index is 1110. The minimum absolute atomic E-state index is 0.122. The minimum atomic E-state index is -1.38. The van der Waals surface area contributed by atoms with Gasteiger partial charge in [0.2, 0.25) is 0 Å². The molecule has 3 aromatic rings. The first-order valence-corrected chi connectivity index (χ1v) is 8.70. The zero-order chi connectivity index (χ0) is 21.7. The molecule has 2 amide bonds. The van der Waals surface area contributed by atoms with E-state index >= 15 is 0 Å². The number of hydrogen-bond acceptors (Lipinski definition) is 6. The Labute approximate surface area is 170 Å². The molecule has 0 bridgehead atoms. The fraction of sp³-hybridized carbons (Fsp3) is 0.150. The van der Waals surface area contributed by atoms with Gasteiger partial charge in [-0.2, -0.15) is 0 Å². The fourth-order valence-electron chi connectivity index (χ4n) is 2.69. The van der Waals surface area contributed by atoms with Gasteiger partial charge in [-0.25, -0.2) is 9.18 Å². The van der Waals surface area contributed by atoms with Gasteiger partial charge in [-0.15, -0.1) is 0 Å². The molecular weight excluding hydrogens is 397 g/mol. The van der Waals surface area contributed by atoms with Gasteiger partial charge in [0.25, 0.3) is 5.91 Å². The summed E-state index contributed by atoms with van der Waals surface area (Å²) in [5.41, 5.74) is 5.86. The zero-order valence-corrected chi connectivity index (χ0v) is 15.8. The molecule has 0 fully saturated rings. The van der Waals surface area contributed by atoms with Crippen LogP contribution in [-0.2, 0) is 4.74 Å². The molecule has 2 aromatic carbocycles. The average Bonchev–Trinajstić information content (AvgIpc) is 2.69. The molecule has 10 heteroatoms. The number of rotatable bonds is 8. The van der Waals surface area contributed by atoms with Crippen LogP contribution in [0.15, 0.2) is 42.6 Å². The van der Waals surface area contributed by atoms with Gasteiger partial charge in [0, 0.05) is 30.8 Å². The number of carboxylic acid groups (broad SMARTS) is 1. The van der Waals surface area contributed by atoms with E-state index in [1.807, 2.05) is 5.32 Å². The third-order valence-corrected chi connectivity index (χ3v) is 4.02. The van der Waals surface area contributed by atoms with Gasteiger partial charge in [0.15, 0.2) is 5.82 Å². The van der Waals surface area contributed by atoms with Gasteiger partial charge in [0.05, 0.1) is 23.4 Å². The van der Waals surface area contributed by atoms with E-state index in [1.54, 1.807) is 12.1 Å². The minimum Gasteiger partial charge on any atom is -0.490 e. The first-order valence-electron chi connectivity index (χ1n) is 8.70. The molecule has 0 unspecified atom stereocenters. The molecule has 0 aliphatic rings. The Morgan fingerprint density at radius 1 is 1.17 bits per heavy atom. The predicted octanol–water partition coefficient (Wildman–Crippen LogP) is 3.38. The second-order valence-corrected chi connectivity index (χ2v) is 6.05. The topological polar surface area (TPSA) is 133 Å². The number of hydrogen-bond donors (Lipinski definition) is 3. The number of halogens is 1. The maximum absolute atomic E-state index is 14.1. The van der Waals surface area contributed by atoms with Crippen LogP contribution in [0.3, 0.4) is 0 Å². The molecule has 1 aromatic heterocycles. The number of benzene rings is 2. The van der Waals surface area contributed by atoms with Crippen molar-refractivity contribution in [1.82, 2.24) is 4.98 Å². The lowest BCUT2D eigenvalue weighted by atomic mass is 10.1. The van der Waals surface area contributed by atoms with Gasteiger partial charge in [-0.05, 0) is 24.3 Å². The summed E-state index contributed by atoms with van der Waals surface area (Å²) < 4.78 is 30.3.